The molecule has 0 aliphatic heterocycles. The third-order valence-electron chi connectivity index (χ3n) is 2.66. The zero-order chi connectivity index (χ0) is 13.0. The highest BCUT2D eigenvalue weighted by atomic mass is 32.2. The van der Waals surface area contributed by atoms with E-state index < -0.39 is 0 Å². The number of hydrogen-bond donors (Lipinski definition) is 0. The standard InChI is InChI=1S/C14H15NO2S/c1-15(14(16)13-4-3-9-17-13)10-11-5-7-12(18-2)8-6-11/h3-9H,10H2,1-2H3. The van der Waals surface area contributed by atoms with E-state index in [2.05, 4.69) is 12.1 Å². The van der Waals surface area contributed by atoms with Gasteiger partial charge in [-0.15, -0.1) is 11.8 Å². The average molecular weight is 261 g/mol. The number of rotatable bonds is 4. The number of amides is 1. The molecule has 3 nitrogen and oxygen atoms in total. The van der Waals surface area contributed by atoms with Crippen molar-refractivity contribution in [2.45, 2.75) is 11.4 Å². The van der Waals surface area contributed by atoms with Crippen molar-refractivity contribution in [3.63, 3.8) is 0 Å². The second-order valence-electron chi connectivity index (χ2n) is 3.99. The fraction of sp³-hybridized carbons (Fsp3) is 0.214. The molecule has 0 unspecified atom stereocenters. The Labute approximate surface area is 111 Å². The Morgan fingerprint density at radius 1 is 1.28 bits per heavy atom. The van der Waals surface area contributed by atoms with Crippen LogP contribution in [0.2, 0.25) is 0 Å². The van der Waals surface area contributed by atoms with Crippen molar-refractivity contribution in [1.82, 2.24) is 4.90 Å². The maximum Gasteiger partial charge on any atom is 0.289 e. The molecule has 0 spiro atoms. The smallest absolute Gasteiger partial charge is 0.289 e. The molecule has 0 aliphatic rings. The SMILES string of the molecule is CSc1ccc(CN(C)C(=O)c2ccco2)cc1. The summed E-state index contributed by atoms with van der Waals surface area (Å²) in [7, 11) is 1.77. The number of benzene rings is 1. The highest BCUT2D eigenvalue weighted by Crippen LogP contribution is 2.16. The summed E-state index contributed by atoms with van der Waals surface area (Å²) >= 11 is 1.71. The Hall–Kier alpha value is -1.68. The molecule has 0 bridgehead atoms. The number of nitrogens with zero attached hydrogens (tertiary/aromatic N) is 1. The van der Waals surface area contributed by atoms with Crippen molar-refractivity contribution in [1.29, 1.82) is 0 Å². The molecular weight excluding hydrogens is 246 g/mol. The van der Waals surface area contributed by atoms with Gasteiger partial charge in [0.1, 0.15) is 0 Å². The van der Waals surface area contributed by atoms with Crippen LogP contribution < -0.4 is 0 Å². The normalized spacial score (nSPS) is 10.3. The van der Waals surface area contributed by atoms with Gasteiger partial charge in [0, 0.05) is 18.5 Å². The largest absolute Gasteiger partial charge is 0.459 e. The van der Waals surface area contributed by atoms with Crippen LogP contribution in [0.4, 0.5) is 0 Å². The number of carbonyl (C=O) groups is 1. The molecule has 0 radical (unpaired) electrons. The van der Waals surface area contributed by atoms with Crippen LogP contribution in [0.25, 0.3) is 0 Å². The van der Waals surface area contributed by atoms with Gasteiger partial charge in [-0.25, -0.2) is 0 Å². The van der Waals surface area contributed by atoms with Crippen molar-refractivity contribution >= 4 is 17.7 Å². The van der Waals surface area contributed by atoms with E-state index in [0.717, 1.165) is 5.56 Å². The van der Waals surface area contributed by atoms with Crippen LogP contribution in [0, 0.1) is 0 Å². The molecular formula is C14H15NO2S. The minimum atomic E-state index is -0.103. The Bertz CT molecular complexity index is 505. The number of thioether (sulfide) groups is 1. The first kappa shape index (κ1) is 12.8. The second-order valence-corrected chi connectivity index (χ2v) is 4.87. The highest BCUT2D eigenvalue weighted by Gasteiger charge is 2.14. The van der Waals surface area contributed by atoms with Crippen molar-refractivity contribution in [3.8, 4) is 0 Å². The molecule has 2 aromatic rings. The molecule has 0 atom stereocenters. The lowest BCUT2D eigenvalue weighted by Gasteiger charge is -2.15. The molecule has 94 valence electrons. The van der Waals surface area contributed by atoms with Gasteiger partial charge < -0.3 is 9.32 Å². The van der Waals surface area contributed by atoms with E-state index in [9.17, 15) is 4.79 Å². The fourth-order valence-corrected chi connectivity index (χ4v) is 2.07. The van der Waals surface area contributed by atoms with Crippen molar-refractivity contribution in [2.24, 2.45) is 0 Å². The van der Waals surface area contributed by atoms with E-state index >= 15 is 0 Å². The Balaban J connectivity index is 2.02. The molecule has 0 aliphatic carbocycles. The summed E-state index contributed by atoms with van der Waals surface area (Å²) in [6.45, 7) is 0.578. The van der Waals surface area contributed by atoms with E-state index in [4.69, 9.17) is 4.42 Å². The molecule has 0 saturated carbocycles. The van der Waals surface area contributed by atoms with Gasteiger partial charge in [-0.3, -0.25) is 4.79 Å². The zero-order valence-corrected chi connectivity index (χ0v) is 11.2. The van der Waals surface area contributed by atoms with E-state index in [1.807, 2.05) is 18.4 Å². The third-order valence-corrected chi connectivity index (χ3v) is 3.40. The second kappa shape index (κ2) is 5.78. The topological polar surface area (TPSA) is 33.5 Å². The molecule has 1 aromatic carbocycles. The van der Waals surface area contributed by atoms with Crippen LogP contribution in [-0.2, 0) is 6.54 Å². The Morgan fingerprint density at radius 2 is 2.00 bits per heavy atom. The number of furan rings is 1. The summed E-state index contributed by atoms with van der Waals surface area (Å²) in [6.07, 6.45) is 3.55. The molecule has 1 heterocycles. The summed E-state index contributed by atoms with van der Waals surface area (Å²) < 4.78 is 5.10. The molecule has 1 amide bonds. The van der Waals surface area contributed by atoms with Crippen LogP contribution in [0.15, 0.2) is 52.0 Å². The van der Waals surface area contributed by atoms with Crippen LogP contribution in [0.1, 0.15) is 16.1 Å². The summed E-state index contributed by atoms with van der Waals surface area (Å²) in [5.41, 5.74) is 1.11. The molecule has 18 heavy (non-hydrogen) atoms. The first-order valence-electron chi connectivity index (χ1n) is 5.62. The van der Waals surface area contributed by atoms with Gasteiger partial charge in [0.15, 0.2) is 5.76 Å². The van der Waals surface area contributed by atoms with Gasteiger partial charge in [-0.1, -0.05) is 12.1 Å². The highest BCUT2D eigenvalue weighted by molar-refractivity contribution is 7.98. The molecule has 1 aromatic heterocycles. The van der Waals surface area contributed by atoms with Gasteiger partial charge in [0.25, 0.3) is 5.91 Å². The lowest BCUT2D eigenvalue weighted by Crippen LogP contribution is -2.25. The first-order valence-corrected chi connectivity index (χ1v) is 6.85. The average Bonchev–Trinajstić information content (AvgIpc) is 2.92. The number of hydrogen-bond acceptors (Lipinski definition) is 3. The summed E-state index contributed by atoms with van der Waals surface area (Å²) in [5, 5.41) is 0. The van der Waals surface area contributed by atoms with Crippen molar-refractivity contribution in [2.75, 3.05) is 13.3 Å². The van der Waals surface area contributed by atoms with Gasteiger partial charge in [-0.2, -0.15) is 0 Å². The minimum absolute atomic E-state index is 0.103. The van der Waals surface area contributed by atoms with Gasteiger partial charge >= 0.3 is 0 Å². The summed E-state index contributed by atoms with van der Waals surface area (Å²) in [4.78, 5) is 14.8. The van der Waals surface area contributed by atoms with E-state index in [1.165, 1.54) is 11.2 Å². The van der Waals surface area contributed by atoms with E-state index in [0.29, 0.717) is 12.3 Å². The van der Waals surface area contributed by atoms with Crippen LogP contribution >= 0.6 is 11.8 Å². The lowest BCUT2D eigenvalue weighted by atomic mass is 10.2. The molecule has 0 saturated heterocycles. The maximum absolute atomic E-state index is 12.0. The predicted octanol–water partition coefficient (Wildman–Crippen LogP) is 3.27. The zero-order valence-electron chi connectivity index (χ0n) is 10.4. The quantitative estimate of drug-likeness (QED) is 0.792. The minimum Gasteiger partial charge on any atom is -0.459 e. The maximum atomic E-state index is 12.0. The van der Waals surface area contributed by atoms with E-state index in [-0.39, 0.29) is 5.91 Å². The monoisotopic (exact) mass is 261 g/mol. The molecule has 0 fully saturated rings. The fourth-order valence-electron chi connectivity index (χ4n) is 1.66. The van der Waals surface area contributed by atoms with Gasteiger partial charge in [-0.05, 0) is 36.1 Å². The van der Waals surface area contributed by atoms with Gasteiger partial charge in [0.2, 0.25) is 0 Å². The van der Waals surface area contributed by atoms with Crippen LogP contribution in [-0.4, -0.2) is 24.1 Å². The third kappa shape index (κ3) is 2.96. The van der Waals surface area contributed by atoms with E-state index in [1.54, 1.807) is 35.8 Å². The van der Waals surface area contributed by atoms with Crippen molar-refractivity contribution in [3.05, 3.63) is 54.0 Å². The van der Waals surface area contributed by atoms with Crippen molar-refractivity contribution < 1.29 is 9.21 Å². The number of carbonyl (C=O) groups excluding carboxylic acids is 1. The van der Waals surface area contributed by atoms with Gasteiger partial charge in [0.05, 0.1) is 6.26 Å². The predicted molar refractivity (Wildman–Crippen MR) is 72.7 cm³/mol. The first-order chi connectivity index (χ1) is 8.70. The van der Waals surface area contributed by atoms with Crippen LogP contribution in [0.5, 0.6) is 0 Å². The molecule has 4 heteroatoms. The Morgan fingerprint density at radius 3 is 2.56 bits per heavy atom. The Kier molecular flexibility index (Phi) is 4.10. The summed E-state index contributed by atoms with van der Waals surface area (Å²) in [5.74, 6) is 0.271. The lowest BCUT2D eigenvalue weighted by molar-refractivity contribution is 0.0753. The van der Waals surface area contributed by atoms with Crippen LogP contribution in [0.3, 0.4) is 0 Å². The molecule has 0 N–H and O–H groups in total. The molecule has 2 rings (SSSR count). The summed E-state index contributed by atoms with van der Waals surface area (Å²) in [6, 6.07) is 11.6.